The smallest absolute Gasteiger partial charge is 0.257 e. The molecule has 4 nitrogen and oxygen atoms in total. The predicted molar refractivity (Wildman–Crippen MR) is 95.6 cm³/mol. The summed E-state index contributed by atoms with van der Waals surface area (Å²) in [7, 11) is 0. The monoisotopic (exact) mass is 341 g/mol. The largest absolute Gasteiger partial charge is 0.306 e. The van der Waals surface area contributed by atoms with Gasteiger partial charge in [-0.25, -0.2) is 4.68 Å². The first-order valence-corrected chi connectivity index (χ1v) is 9.41. The van der Waals surface area contributed by atoms with Crippen molar-refractivity contribution < 1.29 is 4.79 Å². The summed E-state index contributed by atoms with van der Waals surface area (Å²) >= 11 is 3.35. The fourth-order valence-corrected chi connectivity index (χ4v) is 4.26. The lowest BCUT2D eigenvalue weighted by Gasteiger charge is -2.10. The van der Waals surface area contributed by atoms with Crippen LogP contribution in [0.3, 0.4) is 0 Å². The summed E-state index contributed by atoms with van der Waals surface area (Å²) in [4.78, 5) is 12.5. The molecule has 0 saturated heterocycles. The number of carbonyl (C=O) groups excluding carboxylic acids is 1. The molecule has 0 spiro atoms. The number of nitrogens with zero attached hydrogens (tertiary/aromatic N) is 2. The molecule has 0 fully saturated rings. The third-order valence-corrected chi connectivity index (χ3v) is 5.50. The second-order valence-corrected chi connectivity index (χ2v) is 7.25. The van der Waals surface area contributed by atoms with E-state index < -0.39 is 0 Å². The number of hydrogen-bond donors (Lipinski definition) is 1. The van der Waals surface area contributed by atoms with E-state index in [4.69, 9.17) is 5.10 Å². The van der Waals surface area contributed by atoms with Gasteiger partial charge in [-0.15, -0.1) is 0 Å². The summed E-state index contributed by atoms with van der Waals surface area (Å²) in [6.45, 7) is 2.06. The van der Waals surface area contributed by atoms with Crippen molar-refractivity contribution in [1.29, 1.82) is 0 Å². The Balaban J connectivity index is 1.75. The highest BCUT2D eigenvalue weighted by Crippen LogP contribution is 2.36. The van der Waals surface area contributed by atoms with Crippen molar-refractivity contribution in [3.8, 4) is 5.69 Å². The third kappa shape index (κ3) is 2.68. The van der Waals surface area contributed by atoms with Crippen LogP contribution in [0.15, 0.2) is 41.1 Å². The summed E-state index contributed by atoms with van der Waals surface area (Å²) in [6.07, 6.45) is 0. The summed E-state index contributed by atoms with van der Waals surface area (Å²) in [5.41, 5.74) is 5.06. The molecule has 0 unspecified atom stereocenters. The van der Waals surface area contributed by atoms with Gasteiger partial charge in [0.15, 0.2) is 0 Å². The van der Waals surface area contributed by atoms with Gasteiger partial charge < -0.3 is 5.32 Å². The Bertz CT molecular complexity index is 851. The molecule has 116 valence electrons. The maximum atomic E-state index is 12.5. The minimum absolute atomic E-state index is 0.0841. The molecule has 0 bridgehead atoms. The number of amides is 1. The summed E-state index contributed by atoms with van der Waals surface area (Å²) < 4.78 is 1.86. The second-order valence-electron chi connectivity index (χ2n) is 5.48. The SMILES string of the molecule is Cc1ccc(-n2nc3c(c2NC(=O)c2ccsc2)CSC3)cc1. The number of nitrogens with one attached hydrogen (secondary N) is 1. The van der Waals surface area contributed by atoms with Crippen molar-refractivity contribution in [1.82, 2.24) is 9.78 Å². The molecular formula is C17H15N3OS2. The van der Waals surface area contributed by atoms with Gasteiger partial charge in [0.05, 0.1) is 16.9 Å². The zero-order valence-electron chi connectivity index (χ0n) is 12.6. The number of thioether (sulfide) groups is 1. The van der Waals surface area contributed by atoms with E-state index in [1.54, 1.807) is 0 Å². The van der Waals surface area contributed by atoms with Crippen LogP contribution >= 0.6 is 23.1 Å². The van der Waals surface area contributed by atoms with Crippen molar-refractivity contribution >= 4 is 34.8 Å². The molecule has 2 aromatic heterocycles. The van der Waals surface area contributed by atoms with Crippen LogP contribution in [0.1, 0.15) is 27.2 Å². The van der Waals surface area contributed by atoms with Gasteiger partial charge in [0.1, 0.15) is 5.82 Å². The van der Waals surface area contributed by atoms with Crippen molar-refractivity contribution in [2.75, 3.05) is 5.32 Å². The highest BCUT2D eigenvalue weighted by molar-refractivity contribution is 7.98. The number of rotatable bonds is 3. The first-order chi connectivity index (χ1) is 11.2. The lowest BCUT2D eigenvalue weighted by molar-refractivity contribution is 0.102. The normalized spacial score (nSPS) is 13.1. The van der Waals surface area contributed by atoms with Crippen LogP contribution in [-0.2, 0) is 11.5 Å². The van der Waals surface area contributed by atoms with E-state index in [1.165, 1.54) is 16.9 Å². The fraction of sp³-hybridized carbons (Fsp3) is 0.176. The van der Waals surface area contributed by atoms with Gasteiger partial charge >= 0.3 is 0 Å². The van der Waals surface area contributed by atoms with E-state index in [-0.39, 0.29) is 5.91 Å². The first-order valence-electron chi connectivity index (χ1n) is 7.31. The summed E-state index contributed by atoms with van der Waals surface area (Å²) in [6, 6.07) is 10.0. The average molecular weight is 341 g/mol. The van der Waals surface area contributed by atoms with E-state index in [0.29, 0.717) is 5.56 Å². The number of fused-ring (bicyclic) bond motifs is 1. The molecule has 3 aromatic rings. The molecule has 1 aliphatic rings. The van der Waals surface area contributed by atoms with E-state index in [1.807, 2.05) is 45.4 Å². The molecule has 0 radical (unpaired) electrons. The van der Waals surface area contributed by atoms with Gasteiger partial charge in [0.2, 0.25) is 0 Å². The number of aryl methyl sites for hydroxylation is 1. The lowest BCUT2D eigenvalue weighted by atomic mass is 10.2. The number of hydrogen-bond acceptors (Lipinski definition) is 4. The Morgan fingerprint density at radius 3 is 2.78 bits per heavy atom. The van der Waals surface area contributed by atoms with E-state index in [0.717, 1.165) is 34.3 Å². The molecule has 4 rings (SSSR count). The molecule has 23 heavy (non-hydrogen) atoms. The Hall–Kier alpha value is -2.05. The molecule has 1 amide bonds. The van der Waals surface area contributed by atoms with Crippen LogP contribution in [0.2, 0.25) is 0 Å². The van der Waals surface area contributed by atoms with Crippen LogP contribution in [-0.4, -0.2) is 15.7 Å². The maximum Gasteiger partial charge on any atom is 0.257 e. The number of carbonyl (C=O) groups is 1. The number of anilines is 1. The van der Waals surface area contributed by atoms with Gasteiger partial charge in [-0.3, -0.25) is 4.79 Å². The Labute approximate surface area is 142 Å². The van der Waals surface area contributed by atoms with Gasteiger partial charge in [-0.1, -0.05) is 17.7 Å². The Morgan fingerprint density at radius 2 is 2.04 bits per heavy atom. The average Bonchev–Trinajstić information content (AvgIpc) is 3.26. The van der Waals surface area contributed by atoms with Crippen molar-refractivity contribution in [2.24, 2.45) is 0 Å². The van der Waals surface area contributed by atoms with Crippen LogP contribution in [0.5, 0.6) is 0 Å². The Kier molecular flexibility index (Phi) is 3.71. The van der Waals surface area contributed by atoms with Crippen molar-refractivity contribution in [2.45, 2.75) is 18.4 Å². The van der Waals surface area contributed by atoms with E-state index in [9.17, 15) is 4.79 Å². The first kappa shape index (κ1) is 14.5. The molecule has 0 atom stereocenters. The summed E-state index contributed by atoms with van der Waals surface area (Å²) in [5, 5.41) is 11.5. The number of benzene rings is 1. The summed E-state index contributed by atoms with van der Waals surface area (Å²) in [5.74, 6) is 2.50. The minimum atomic E-state index is -0.0841. The number of thiophene rings is 1. The van der Waals surface area contributed by atoms with Gasteiger partial charge in [0.25, 0.3) is 5.91 Å². The van der Waals surface area contributed by atoms with E-state index >= 15 is 0 Å². The molecule has 0 saturated carbocycles. The van der Waals surface area contributed by atoms with Crippen LogP contribution < -0.4 is 5.32 Å². The molecular weight excluding hydrogens is 326 g/mol. The molecule has 1 N–H and O–H groups in total. The maximum absolute atomic E-state index is 12.5. The van der Waals surface area contributed by atoms with Crippen molar-refractivity contribution in [3.05, 3.63) is 63.5 Å². The second kappa shape index (κ2) is 5.86. The fourth-order valence-electron chi connectivity index (χ4n) is 2.59. The molecule has 6 heteroatoms. The van der Waals surface area contributed by atoms with Crippen LogP contribution in [0, 0.1) is 6.92 Å². The number of aromatic nitrogens is 2. The van der Waals surface area contributed by atoms with Crippen molar-refractivity contribution in [3.63, 3.8) is 0 Å². The van der Waals surface area contributed by atoms with Crippen LogP contribution in [0.4, 0.5) is 5.82 Å². The zero-order chi connectivity index (χ0) is 15.8. The molecule has 3 heterocycles. The van der Waals surface area contributed by atoms with Crippen LogP contribution in [0.25, 0.3) is 5.69 Å². The minimum Gasteiger partial charge on any atom is -0.306 e. The highest BCUT2D eigenvalue weighted by Gasteiger charge is 2.25. The quantitative estimate of drug-likeness (QED) is 0.775. The van der Waals surface area contributed by atoms with Gasteiger partial charge in [-0.2, -0.15) is 28.2 Å². The highest BCUT2D eigenvalue weighted by atomic mass is 32.2. The standard InChI is InChI=1S/C17H15N3OS2/c1-11-2-4-13(5-3-11)20-16(14-9-23-10-15(14)19-20)18-17(21)12-6-7-22-8-12/h2-8H,9-10H2,1H3,(H,18,21). The third-order valence-electron chi connectivity index (χ3n) is 3.85. The zero-order valence-corrected chi connectivity index (χ0v) is 14.2. The topological polar surface area (TPSA) is 46.9 Å². The van der Waals surface area contributed by atoms with Gasteiger partial charge in [-0.05, 0) is 30.5 Å². The molecule has 1 aliphatic heterocycles. The lowest BCUT2D eigenvalue weighted by Crippen LogP contribution is -2.15. The predicted octanol–water partition coefficient (Wildman–Crippen LogP) is 4.24. The molecule has 0 aliphatic carbocycles. The molecule has 1 aromatic carbocycles. The van der Waals surface area contributed by atoms with Gasteiger partial charge in [0, 0.05) is 22.4 Å². The van der Waals surface area contributed by atoms with E-state index in [2.05, 4.69) is 24.4 Å². The Morgan fingerprint density at radius 1 is 1.22 bits per heavy atom.